The van der Waals surface area contributed by atoms with Gasteiger partial charge in [-0.2, -0.15) is 0 Å². The van der Waals surface area contributed by atoms with Gasteiger partial charge < -0.3 is 10.1 Å². The SMILES string of the molecule is CCOC(=O)Cc1cc(Cl)cc(CNC=O)n1. The molecule has 0 fully saturated rings. The lowest BCUT2D eigenvalue weighted by molar-refractivity contribution is -0.142. The van der Waals surface area contributed by atoms with E-state index in [2.05, 4.69) is 10.3 Å². The normalized spacial score (nSPS) is 9.76. The molecule has 1 aromatic rings. The second-order valence-corrected chi connectivity index (χ2v) is 3.69. The van der Waals surface area contributed by atoms with Gasteiger partial charge in [0.05, 0.1) is 31.0 Å². The van der Waals surface area contributed by atoms with Gasteiger partial charge in [-0.05, 0) is 19.1 Å². The Labute approximate surface area is 104 Å². The third-order valence-electron chi connectivity index (χ3n) is 1.89. The van der Waals surface area contributed by atoms with Crippen LogP contribution >= 0.6 is 11.6 Å². The maximum absolute atomic E-state index is 11.3. The summed E-state index contributed by atoms with van der Waals surface area (Å²) >= 11 is 5.88. The van der Waals surface area contributed by atoms with E-state index in [1.165, 1.54) is 0 Å². The lowest BCUT2D eigenvalue weighted by atomic mass is 10.2. The zero-order valence-electron chi connectivity index (χ0n) is 9.40. The topological polar surface area (TPSA) is 68.3 Å². The molecule has 5 nitrogen and oxygen atoms in total. The van der Waals surface area contributed by atoms with Crippen molar-refractivity contribution in [2.24, 2.45) is 0 Å². The van der Waals surface area contributed by atoms with Gasteiger partial charge in [0.2, 0.25) is 6.41 Å². The maximum atomic E-state index is 11.3. The van der Waals surface area contributed by atoms with E-state index in [0.717, 1.165) is 0 Å². The Kier molecular flexibility index (Phi) is 5.42. The maximum Gasteiger partial charge on any atom is 0.311 e. The van der Waals surface area contributed by atoms with Crippen molar-refractivity contribution in [2.75, 3.05) is 6.61 Å². The molecule has 0 aliphatic carbocycles. The van der Waals surface area contributed by atoms with E-state index >= 15 is 0 Å². The first-order valence-electron chi connectivity index (χ1n) is 5.13. The van der Waals surface area contributed by atoms with Gasteiger partial charge in [0, 0.05) is 5.02 Å². The summed E-state index contributed by atoms with van der Waals surface area (Å²) in [7, 11) is 0. The number of carbonyl (C=O) groups excluding carboxylic acids is 2. The Morgan fingerprint density at radius 3 is 2.88 bits per heavy atom. The average molecular weight is 257 g/mol. The number of pyridine rings is 1. The van der Waals surface area contributed by atoms with Gasteiger partial charge in [0.15, 0.2) is 0 Å². The van der Waals surface area contributed by atoms with E-state index in [9.17, 15) is 9.59 Å². The molecule has 0 aliphatic heterocycles. The zero-order valence-corrected chi connectivity index (χ0v) is 10.2. The minimum Gasteiger partial charge on any atom is -0.466 e. The number of hydrogen-bond donors (Lipinski definition) is 1. The first-order chi connectivity index (χ1) is 8.15. The van der Waals surface area contributed by atoms with E-state index in [1.54, 1.807) is 19.1 Å². The van der Waals surface area contributed by atoms with Crippen molar-refractivity contribution in [3.05, 3.63) is 28.5 Å². The van der Waals surface area contributed by atoms with E-state index in [0.29, 0.717) is 29.4 Å². The van der Waals surface area contributed by atoms with Gasteiger partial charge in [-0.1, -0.05) is 11.6 Å². The van der Waals surface area contributed by atoms with Gasteiger partial charge in [-0.25, -0.2) is 0 Å². The van der Waals surface area contributed by atoms with Crippen LogP contribution < -0.4 is 5.32 Å². The monoisotopic (exact) mass is 256 g/mol. The van der Waals surface area contributed by atoms with Gasteiger partial charge in [0.25, 0.3) is 0 Å². The molecular formula is C11H13ClN2O3. The summed E-state index contributed by atoms with van der Waals surface area (Å²) in [5.74, 6) is -0.350. The third kappa shape index (κ3) is 4.82. The number of aromatic nitrogens is 1. The Balaban J connectivity index is 2.74. The number of halogens is 1. The summed E-state index contributed by atoms with van der Waals surface area (Å²) in [6.45, 7) is 2.35. The van der Waals surface area contributed by atoms with E-state index in [-0.39, 0.29) is 18.9 Å². The van der Waals surface area contributed by atoms with Gasteiger partial charge >= 0.3 is 5.97 Å². The summed E-state index contributed by atoms with van der Waals surface area (Å²) in [4.78, 5) is 25.6. The number of nitrogens with one attached hydrogen (secondary N) is 1. The lowest BCUT2D eigenvalue weighted by Crippen LogP contribution is -2.13. The van der Waals surface area contributed by atoms with Crippen molar-refractivity contribution in [2.45, 2.75) is 19.9 Å². The number of nitrogens with zero attached hydrogens (tertiary/aromatic N) is 1. The minimum absolute atomic E-state index is 0.0719. The molecule has 6 heteroatoms. The molecule has 0 spiro atoms. The fourth-order valence-electron chi connectivity index (χ4n) is 1.30. The molecule has 0 aromatic carbocycles. The molecule has 1 N–H and O–H groups in total. The molecule has 0 unspecified atom stereocenters. The smallest absolute Gasteiger partial charge is 0.311 e. The first kappa shape index (κ1) is 13.4. The highest BCUT2D eigenvalue weighted by molar-refractivity contribution is 6.30. The number of ether oxygens (including phenoxy) is 1. The highest BCUT2D eigenvalue weighted by atomic mass is 35.5. The number of hydrogen-bond acceptors (Lipinski definition) is 4. The molecule has 92 valence electrons. The molecule has 17 heavy (non-hydrogen) atoms. The molecule has 0 radical (unpaired) electrons. The second-order valence-electron chi connectivity index (χ2n) is 3.25. The summed E-state index contributed by atoms with van der Waals surface area (Å²) in [6, 6.07) is 3.23. The van der Waals surface area contributed by atoms with E-state index < -0.39 is 0 Å². The fourth-order valence-corrected chi connectivity index (χ4v) is 1.55. The average Bonchev–Trinajstić information content (AvgIpc) is 2.25. The molecule has 0 bridgehead atoms. The Bertz CT molecular complexity index is 410. The number of amides is 1. The summed E-state index contributed by atoms with van der Waals surface area (Å²) in [5, 5.41) is 2.95. The zero-order chi connectivity index (χ0) is 12.7. The van der Waals surface area contributed by atoms with Crippen LogP contribution in [0.3, 0.4) is 0 Å². The Morgan fingerprint density at radius 2 is 2.24 bits per heavy atom. The molecule has 0 saturated carbocycles. The molecule has 0 aliphatic rings. The number of carbonyl (C=O) groups is 2. The lowest BCUT2D eigenvalue weighted by Gasteiger charge is -2.05. The fraction of sp³-hybridized carbons (Fsp3) is 0.364. The highest BCUT2D eigenvalue weighted by Crippen LogP contribution is 2.12. The van der Waals surface area contributed by atoms with Crippen LogP contribution in [0.5, 0.6) is 0 Å². The van der Waals surface area contributed by atoms with E-state index in [4.69, 9.17) is 16.3 Å². The van der Waals surface area contributed by atoms with Gasteiger partial charge in [0.1, 0.15) is 0 Å². The molecule has 1 heterocycles. The number of rotatable bonds is 6. The predicted octanol–water partition coefficient (Wildman–Crippen LogP) is 1.09. The van der Waals surface area contributed by atoms with Crippen LogP contribution in [-0.4, -0.2) is 24.0 Å². The second kappa shape index (κ2) is 6.85. The van der Waals surface area contributed by atoms with Crippen molar-refractivity contribution in [3.8, 4) is 0 Å². The third-order valence-corrected chi connectivity index (χ3v) is 2.11. The van der Waals surface area contributed by atoms with Crippen molar-refractivity contribution >= 4 is 24.0 Å². The molecule has 0 atom stereocenters. The predicted molar refractivity (Wildman–Crippen MR) is 62.5 cm³/mol. The first-order valence-corrected chi connectivity index (χ1v) is 5.51. The van der Waals surface area contributed by atoms with Crippen LogP contribution in [-0.2, 0) is 27.3 Å². The highest BCUT2D eigenvalue weighted by Gasteiger charge is 2.07. The molecule has 1 rings (SSSR count). The van der Waals surface area contributed by atoms with Crippen molar-refractivity contribution in [3.63, 3.8) is 0 Å². The van der Waals surface area contributed by atoms with Crippen LogP contribution in [0.2, 0.25) is 5.02 Å². The molecular weight excluding hydrogens is 244 g/mol. The largest absolute Gasteiger partial charge is 0.466 e. The van der Waals surface area contributed by atoms with Crippen molar-refractivity contribution in [1.29, 1.82) is 0 Å². The van der Waals surface area contributed by atoms with Crippen LogP contribution in [0, 0.1) is 0 Å². The molecule has 1 amide bonds. The Hall–Kier alpha value is -1.62. The van der Waals surface area contributed by atoms with Crippen LogP contribution in [0.25, 0.3) is 0 Å². The van der Waals surface area contributed by atoms with Crippen molar-refractivity contribution < 1.29 is 14.3 Å². The van der Waals surface area contributed by atoms with Crippen LogP contribution in [0.1, 0.15) is 18.3 Å². The van der Waals surface area contributed by atoms with Crippen molar-refractivity contribution in [1.82, 2.24) is 10.3 Å². The molecule has 1 aromatic heterocycles. The summed E-state index contributed by atoms with van der Waals surface area (Å²) in [5.41, 5.74) is 1.13. The van der Waals surface area contributed by atoms with Gasteiger partial charge in [-0.3, -0.25) is 14.6 Å². The molecule has 0 saturated heterocycles. The van der Waals surface area contributed by atoms with E-state index in [1.807, 2.05) is 0 Å². The van der Waals surface area contributed by atoms with Gasteiger partial charge in [-0.15, -0.1) is 0 Å². The standard InChI is InChI=1S/C11H13ClN2O3/c1-2-17-11(16)5-9-3-8(12)4-10(14-9)6-13-7-15/h3-4,7H,2,5-6H2,1H3,(H,13,15). The number of esters is 1. The van der Waals surface area contributed by atoms with Crippen LogP contribution in [0.4, 0.5) is 0 Å². The summed E-state index contributed by atoms with van der Waals surface area (Å²) in [6.07, 6.45) is 0.649. The summed E-state index contributed by atoms with van der Waals surface area (Å²) < 4.78 is 4.81. The quantitative estimate of drug-likeness (QED) is 0.611. The minimum atomic E-state index is -0.350. The van der Waals surface area contributed by atoms with Crippen LogP contribution in [0.15, 0.2) is 12.1 Å². The Morgan fingerprint density at radius 1 is 1.53 bits per heavy atom.